The number of nitrogens with two attached hydrogens (primary N) is 2. The lowest BCUT2D eigenvalue weighted by atomic mass is 9.84. The number of nitrogen functional groups attached to an aromatic ring is 1. The van der Waals surface area contributed by atoms with E-state index in [0.29, 0.717) is 35.8 Å². The Morgan fingerprint density at radius 1 is 1.27 bits per heavy atom. The third kappa shape index (κ3) is 9.03. The molecule has 0 unspecified atom stereocenters. The number of carbonyl (C=O) groups is 3. The molecule has 3 aromatic rings. The maximum Gasteiger partial charge on any atom is 0.391 e. The molecule has 22 heteroatoms. The van der Waals surface area contributed by atoms with Gasteiger partial charge in [0.15, 0.2) is 10.8 Å². The van der Waals surface area contributed by atoms with Gasteiger partial charge in [-0.15, -0.1) is 11.3 Å². The number of aromatic nitrogens is 3. The predicted octanol–water partition coefficient (Wildman–Crippen LogP) is -1.58. The molecule has 0 radical (unpaired) electrons. The summed E-state index contributed by atoms with van der Waals surface area (Å²) in [4.78, 5) is 51.6. The van der Waals surface area contributed by atoms with E-state index in [0.717, 1.165) is 42.1 Å². The standard InChI is InChI=1S/C29H36N10O10S2/c1-29(2)23(25(41)39(29)49-51(44,45)46)36-24(40)22(20-15-50-27(31)35-20)37-48-21(26(42)43)14-47-19-5-3-17(4-6-19)18-11-34-28(33-8-7-30)38(13-18)12-16-9-32-10-16/h3-6,11,13,15-16,21,23,32H,7-10,12,14,30H2,1-2H3,(H5,31,35,36,40,42,43,44,45,46)/b37-22-/t21-,23+/m0/s1. The monoisotopic (exact) mass is 748 g/mol. The van der Waals surface area contributed by atoms with Crippen LogP contribution in [0.5, 0.6) is 5.75 Å². The highest BCUT2D eigenvalue weighted by Crippen LogP contribution is 2.33. The molecule has 8 N–H and O–H groups in total. The zero-order chi connectivity index (χ0) is 36.9. The topological polar surface area (TPSA) is 290 Å². The zero-order valence-corrected chi connectivity index (χ0v) is 29.0. The lowest BCUT2D eigenvalue weighted by molar-refractivity contribution is -0.692. The van der Waals surface area contributed by atoms with Gasteiger partial charge in [0.2, 0.25) is 10.4 Å². The molecule has 2 fully saturated rings. The quantitative estimate of drug-likeness (QED) is 0.0227. The van der Waals surface area contributed by atoms with E-state index in [1.165, 1.54) is 19.2 Å². The molecule has 5 rings (SSSR count). The fourth-order valence-electron chi connectivity index (χ4n) is 5.04. The van der Waals surface area contributed by atoms with Crippen molar-refractivity contribution in [2.24, 2.45) is 16.8 Å². The van der Waals surface area contributed by atoms with Crippen LogP contribution in [0.4, 0.5) is 11.1 Å². The Labute approximate surface area is 295 Å². The third-order valence-electron chi connectivity index (χ3n) is 7.87. The average Bonchev–Trinajstić information content (AvgIpc) is 3.49. The highest BCUT2D eigenvalue weighted by molar-refractivity contribution is 7.80. The van der Waals surface area contributed by atoms with Gasteiger partial charge in [0, 0.05) is 36.5 Å². The fourth-order valence-corrected chi connectivity index (χ4v) is 6.03. The number of hydrogen-bond donors (Lipinski definition) is 6. The molecule has 0 bridgehead atoms. The van der Waals surface area contributed by atoms with Gasteiger partial charge in [-0.25, -0.2) is 22.8 Å². The molecule has 2 amide bonds. The summed E-state index contributed by atoms with van der Waals surface area (Å²) in [6, 6.07) is 5.53. The number of hydroxylamine groups is 2. The number of carboxylic acid groups (broad SMARTS) is 1. The lowest BCUT2D eigenvalue weighted by Gasteiger charge is -2.51. The summed E-state index contributed by atoms with van der Waals surface area (Å²) < 4.78 is 45.0. The fraction of sp³-hybridized carbons (Fsp3) is 0.414. The summed E-state index contributed by atoms with van der Waals surface area (Å²) in [6.07, 6.45) is 2.04. The van der Waals surface area contributed by atoms with Crippen LogP contribution in [0.15, 0.2) is 47.2 Å². The maximum absolute atomic E-state index is 13.3. The molecule has 0 aliphatic carbocycles. The Bertz CT molecular complexity index is 1900. The van der Waals surface area contributed by atoms with Crippen molar-refractivity contribution < 1.29 is 50.9 Å². The van der Waals surface area contributed by atoms with Crippen molar-refractivity contribution in [1.82, 2.24) is 25.7 Å². The Morgan fingerprint density at radius 2 is 2.00 bits per heavy atom. The van der Waals surface area contributed by atoms with Gasteiger partial charge in [0.05, 0.1) is 24.8 Å². The number of aliphatic carboxylic acids is 1. The first-order valence-electron chi connectivity index (χ1n) is 15.4. The van der Waals surface area contributed by atoms with Crippen molar-refractivity contribution in [1.29, 1.82) is 0 Å². The highest BCUT2D eigenvalue weighted by Gasteiger charge is 2.57. The van der Waals surface area contributed by atoms with Gasteiger partial charge in [-0.3, -0.25) is 14.9 Å². The zero-order valence-electron chi connectivity index (χ0n) is 27.3. The van der Waals surface area contributed by atoms with Crippen LogP contribution in [0.1, 0.15) is 19.5 Å². The largest absolute Gasteiger partial charge is 0.724 e. The third-order valence-corrected chi connectivity index (χ3v) is 8.88. The van der Waals surface area contributed by atoms with E-state index in [1.54, 1.807) is 30.5 Å². The number of nitrogens with one attached hydrogen (secondary N) is 3. The van der Waals surface area contributed by atoms with Gasteiger partial charge in [0.1, 0.15) is 30.3 Å². The molecular weight excluding hydrogens is 713 g/mol. The van der Waals surface area contributed by atoms with E-state index in [-0.39, 0.29) is 10.8 Å². The SMILES string of the molecule is CC1(C)[C@H](NC(=O)/C(=N\O[C@@H](COc2ccc(-c3cnc(NCCN)[n+](CC4CNC4)c3)cc2)C(=O)O)c2csc(N)n2)C(=O)N1OS(=O)(=O)[O-]. The molecule has 2 aromatic heterocycles. The molecule has 51 heavy (non-hydrogen) atoms. The van der Waals surface area contributed by atoms with Gasteiger partial charge in [-0.1, -0.05) is 22.3 Å². The predicted molar refractivity (Wildman–Crippen MR) is 178 cm³/mol. The van der Waals surface area contributed by atoms with Crippen LogP contribution >= 0.6 is 11.3 Å². The van der Waals surface area contributed by atoms with Crippen LogP contribution in [0, 0.1) is 5.92 Å². The van der Waals surface area contributed by atoms with Gasteiger partial charge in [-0.2, -0.15) is 9.35 Å². The molecule has 2 aliphatic rings. The average molecular weight is 749 g/mol. The van der Waals surface area contributed by atoms with E-state index in [4.69, 9.17) is 21.0 Å². The van der Waals surface area contributed by atoms with E-state index in [1.807, 2.05) is 6.20 Å². The molecule has 0 saturated carbocycles. The van der Waals surface area contributed by atoms with Crippen LogP contribution in [0.25, 0.3) is 11.1 Å². The van der Waals surface area contributed by atoms with E-state index in [9.17, 15) is 32.5 Å². The number of β-lactam (4-membered cyclic amide) rings is 1. The minimum Gasteiger partial charge on any atom is -0.724 e. The summed E-state index contributed by atoms with van der Waals surface area (Å²) in [5.74, 6) is -2.02. The first kappa shape index (κ1) is 37.3. The number of thiazole rings is 1. The van der Waals surface area contributed by atoms with E-state index < -0.39 is 58.2 Å². The van der Waals surface area contributed by atoms with E-state index in [2.05, 4.69) is 39.9 Å². The molecule has 1 aromatic carbocycles. The summed E-state index contributed by atoms with van der Waals surface area (Å²) in [5, 5.41) is 24.1. The Hall–Kier alpha value is -5.00. The Kier molecular flexibility index (Phi) is 11.3. The molecule has 0 spiro atoms. The van der Waals surface area contributed by atoms with Crippen molar-refractivity contribution in [2.75, 3.05) is 43.8 Å². The number of oxime groups is 1. The normalized spacial score (nSPS) is 18.0. The number of rotatable bonds is 17. The van der Waals surface area contributed by atoms with Gasteiger partial charge in [0.25, 0.3) is 17.9 Å². The number of benzene rings is 1. The van der Waals surface area contributed by atoms with Crippen LogP contribution in [0.3, 0.4) is 0 Å². The highest BCUT2D eigenvalue weighted by atomic mass is 32.3. The molecule has 2 aliphatic heterocycles. The number of ether oxygens (including phenoxy) is 1. The summed E-state index contributed by atoms with van der Waals surface area (Å²) in [5.41, 5.74) is 10.9. The first-order valence-corrected chi connectivity index (χ1v) is 17.6. The number of nitrogens with zero attached hydrogens (tertiary/aromatic N) is 5. The number of anilines is 2. The second-order valence-corrected chi connectivity index (χ2v) is 13.9. The minimum atomic E-state index is -5.27. The summed E-state index contributed by atoms with van der Waals surface area (Å²) >= 11 is 0.951. The smallest absolute Gasteiger partial charge is 0.391 e. The molecular formula is C29H36N10O10S2. The summed E-state index contributed by atoms with van der Waals surface area (Å²) in [7, 11) is -5.27. The number of carboxylic acids is 1. The second-order valence-electron chi connectivity index (χ2n) is 12.0. The molecule has 2 saturated heterocycles. The number of carbonyl (C=O) groups excluding carboxylic acids is 2. The van der Waals surface area contributed by atoms with Crippen molar-refractivity contribution in [2.45, 2.75) is 38.1 Å². The molecule has 2 atom stereocenters. The lowest BCUT2D eigenvalue weighted by Crippen LogP contribution is -2.76. The van der Waals surface area contributed by atoms with Gasteiger partial charge >= 0.3 is 11.9 Å². The summed E-state index contributed by atoms with van der Waals surface area (Å²) in [6.45, 7) is 5.82. The molecule has 4 heterocycles. The van der Waals surface area contributed by atoms with Crippen LogP contribution in [-0.4, -0.2) is 107 Å². The van der Waals surface area contributed by atoms with Crippen LogP contribution in [-0.2, 0) is 40.4 Å². The number of hydrogen-bond acceptors (Lipinski definition) is 17. The van der Waals surface area contributed by atoms with Crippen molar-refractivity contribution in [3.8, 4) is 16.9 Å². The minimum absolute atomic E-state index is 0.0489. The number of amides is 2. The van der Waals surface area contributed by atoms with E-state index >= 15 is 0 Å². The Balaban J connectivity index is 1.25. The van der Waals surface area contributed by atoms with Crippen LogP contribution < -0.4 is 36.7 Å². The molecule has 20 nitrogen and oxygen atoms in total. The Morgan fingerprint density at radius 3 is 2.57 bits per heavy atom. The molecule has 274 valence electrons. The van der Waals surface area contributed by atoms with Crippen molar-refractivity contribution in [3.63, 3.8) is 0 Å². The second kappa shape index (κ2) is 15.5. The maximum atomic E-state index is 13.3. The van der Waals surface area contributed by atoms with Crippen molar-refractivity contribution >= 4 is 56.3 Å². The first-order chi connectivity index (χ1) is 24.2. The van der Waals surface area contributed by atoms with Crippen LogP contribution in [0.2, 0.25) is 0 Å². The van der Waals surface area contributed by atoms with Gasteiger partial charge in [-0.05, 0) is 31.5 Å². The van der Waals surface area contributed by atoms with Crippen molar-refractivity contribution in [3.05, 3.63) is 47.7 Å². The van der Waals surface area contributed by atoms with Gasteiger partial charge < -0.3 is 41.3 Å².